The Hall–Kier alpha value is -3.32. The second-order valence-corrected chi connectivity index (χ2v) is 6.77. The zero-order valence-electron chi connectivity index (χ0n) is 14.7. The number of hydrazone groups is 1. The van der Waals surface area contributed by atoms with E-state index >= 15 is 0 Å². The zero-order chi connectivity index (χ0) is 19.9. The monoisotopic (exact) mass is 440 g/mol. The SMILES string of the molecule is O=C(N/N=C\c1ccccc1OCc1ccc(Br)cc1)c1ccc(O)cc1O. The molecule has 0 fully saturated rings. The molecule has 7 heteroatoms. The van der Waals surface area contributed by atoms with Gasteiger partial charge in [0.15, 0.2) is 0 Å². The van der Waals surface area contributed by atoms with Crippen LogP contribution >= 0.6 is 15.9 Å². The standard InChI is InChI=1S/C21H17BrN2O4/c22-16-7-5-14(6-8-16)13-28-20-4-2-1-3-15(20)12-23-24-21(27)18-10-9-17(25)11-19(18)26/h1-12,25-26H,13H2,(H,24,27)/b23-12-. The lowest BCUT2D eigenvalue weighted by atomic mass is 10.2. The number of hydrogen-bond acceptors (Lipinski definition) is 5. The van der Waals surface area contributed by atoms with Gasteiger partial charge in [0.1, 0.15) is 23.9 Å². The van der Waals surface area contributed by atoms with E-state index in [1.54, 1.807) is 0 Å². The van der Waals surface area contributed by atoms with Crippen LogP contribution in [0.5, 0.6) is 17.2 Å². The number of halogens is 1. The first-order valence-electron chi connectivity index (χ1n) is 8.34. The molecule has 6 nitrogen and oxygen atoms in total. The van der Waals surface area contributed by atoms with Gasteiger partial charge >= 0.3 is 0 Å². The minimum atomic E-state index is -0.595. The van der Waals surface area contributed by atoms with Crippen molar-refractivity contribution >= 4 is 28.1 Å². The first kappa shape index (κ1) is 19.4. The van der Waals surface area contributed by atoms with Gasteiger partial charge in [-0.2, -0.15) is 5.10 Å². The van der Waals surface area contributed by atoms with Gasteiger partial charge in [0, 0.05) is 16.1 Å². The number of rotatable bonds is 6. The van der Waals surface area contributed by atoms with E-state index in [0.717, 1.165) is 16.1 Å². The maximum atomic E-state index is 12.1. The van der Waals surface area contributed by atoms with Crippen LogP contribution in [0.2, 0.25) is 0 Å². The molecule has 0 heterocycles. The third-order valence-electron chi connectivity index (χ3n) is 3.82. The number of para-hydroxylation sites is 1. The summed E-state index contributed by atoms with van der Waals surface area (Å²) in [4.78, 5) is 12.1. The number of phenols is 2. The van der Waals surface area contributed by atoms with E-state index in [0.29, 0.717) is 17.9 Å². The fourth-order valence-electron chi connectivity index (χ4n) is 2.39. The third kappa shape index (κ3) is 5.11. The molecule has 0 aliphatic rings. The first-order chi connectivity index (χ1) is 13.5. The Labute approximate surface area is 170 Å². The summed E-state index contributed by atoms with van der Waals surface area (Å²) in [6.07, 6.45) is 1.46. The topological polar surface area (TPSA) is 91.2 Å². The van der Waals surface area contributed by atoms with Crippen LogP contribution in [0, 0.1) is 0 Å². The Morgan fingerprint density at radius 3 is 2.57 bits per heavy atom. The van der Waals surface area contributed by atoms with Gasteiger partial charge in [-0.25, -0.2) is 5.43 Å². The van der Waals surface area contributed by atoms with Gasteiger partial charge in [-0.05, 0) is 42.0 Å². The van der Waals surface area contributed by atoms with Gasteiger partial charge < -0.3 is 14.9 Å². The zero-order valence-corrected chi connectivity index (χ0v) is 16.3. The number of amides is 1. The summed E-state index contributed by atoms with van der Waals surface area (Å²) in [7, 11) is 0. The number of carbonyl (C=O) groups excluding carboxylic acids is 1. The van der Waals surface area contributed by atoms with E-state index in [-0.39, 0.29) is 17.1 Å². The van der Waals surface area contributed by atoms with E-state index < -0.39 is 5.91 Å². The summed E-state index contributed by atoms with van der Waals surface area (Å²) in [6, 6.07) is 18.8. The van der Waals surface area contributed by atoms with Crippen molar-refractivity contribution in [2.24, 2.45) is 5.10 Å². The van der Waals surface area contributed by atoms with Crippen molar-refractivity contribution in [2.45, 2.75) is 6.61 Å². The number of nitrogens with one attached hydrogen (secondary N) is 1. The maximum absolute atomic E-state index is 12.1. The molecule has 0 aliphatic heterocycles. The van der Waals surface area contributed by atoms with Crippen LogP contribution in [0.3, 0.4) is 0 Å². The van der Waals surface area contributed by atoms with Gasteiger partial charge in [-0.1, -0.05) is 40.2 Å². The highest BCUT2D eigenvalue weighted by Gasteiger charge is 2.10. The summed E-state index contributed by atoms with van der Waals surface area (Å²) < 4.78 is 6.85. The Kier molecular flexibility index (Phi) is 6.29. The smallest absolute Gasteiger partial charge is 0.275 e. The molecule has 0 aliphatic carbocycles. The Balaban J connectivity index is 1.65. The van der Waals surface area contributed by atoms with Crippen molar-refractivity contribution in [3.05, 3.63) is 87.9 Å². The van der Waals surface area contributed by atoms with Crippen molar-refractivity contribution in [3.8, 4) is 17.2 Å². The molecule has 0 spiro atoms. The van der Waals surface area contributed by atoms with Crippen molar-refractivity contribution in [1.82, 2.24) is 5.43 Å². The molecule has 0 atom stereocenters. The van der Waals surface area contributed by atoms with Crippen molar-refractivity contribution in [3.63, 3.8) is 0 Å². The van der Waals surface area contributed by atoms with Gasteiger partial charge in [0.05, 0.1) is 11.8 Å². The molecule has 3 N–H and O–H groups in total. The number of phenolic OH excluding ortho intramolecular Hbond substituents is 2. The number of aromatic hydroxyl groups is 2. The summed E-state index contributed by atoms with van der Waals surface area (Å²) in [5.41, 5.74) is 4.06. The predicted octanol–water partition coefficient (Wildman–Crippen LogP) is 4.20. The largest absolute Gasteiger partial charge is 0.508 e. The Bertz CT molecular complexity index is 1000. The normalized spacial score (nSPS) is 10.8. The van der Waals surface area contributed by atoms with Crippen LogP contribution in [0.4, 0.5) is 0 Å². The molecular formula is C21H17BrN2O4. The number of hydrogen-bond donors (Lipinski definition) is 3. The highest BCUT2D eigenvalue weighted by molar-refractivity contribution is 9.10. The predicted molar refractivity (Wildman–Crippen MR) is 110 cm³/mol. The van der Waals surface area contributed by atoms with Gasteiger partial charge in [-0.3, -0.25) is 4.79 Å². The molecular weight excluding hydrogens is 424 g/mol. The van der Waals surface area contributed by atoms with Crippen molar-refractivity contribution in [2.75, 3.05) is 0 Å². The van der Waals surface area contributed by atoms with Crippen molar-refractivity contribution < 1.29 is 19.7 Å². The lowest BCUT2D eigenvalue weighted by Gasteiger charge is -2.09. The van der Waals surface area contributed by atoms with E-state index in [1.165, 1.54) is 18.3 Å². The third-order valence-corrected chi connectivity index (χ3v) is 4.35. The number of ether oxygens (including phenoxy) is 1. The van der Waals surface area contributed by atoms with Crippen LogP contribution in [0.15, 0.2) is 76.3 Å². The molecule has 0 bridgehead atoms. The van der Waals surface area contributed by atoms with Gasteiger partial charge in [0.2, 0.25) is 0 Å². The Morgan fingerprint density at radius 1 is 1.07 bits per heavy atom. The first-order valence-corrected chi connectivity index (χ1v) is 9.14. The highest BCUT2D eigenvalue weighted by Crippen LogP contribution is 2.22. The summed E-state index contributed by atoms with van der Waals surface area (Å²) >= 11 is 3.40. The summed E-state index contributed by atoms with van der Waals surface area (Å²) in [5, 5.41) is 22.9. The molecule has 0 saturated heterocycles. The molecule has 3 aromatic carbocycles. The van der Waals surface area contributed by atoms with Crippen LogP contribution in [0.25, 0.3) is 0 Å². The number of benzene rings is 3. The molecule has 0 unspecified atom stereocenters. The molecule has 3 aromatic rings. The lowest BCUT2D eigenvalue weighted by Crippen LogP contribution is -2.17. The minimum absolute atomic E-state index is 0.00900. The number of nitrogens with zero attached hydrogens (tertiary/aromatic N) is 1. The number of carbonyl (C=O) groups is 1. The van der Waals surface area contributed by atoms with Crippen molar-refractivity contribution in [1.29, 1.82) is 0 Å². The molecule has 0 radical (unpaired) electrons. The van der Waals surface area contributed by atoms with E-state index in [9.17, 15) is 15.0 Å². The molecule has 1 amide bonds. The quantitative estimate of drug-likeness (QED) is 0.395. The Morgan fingerprint density at radius 2 is 1.82 bits per heavy atom. The second-order valence-electron chi connectivity index (χ2n) is 5.85. The second kappa shape index (κ2) is 9.05. The average molecular weight is 441 g/mol. The summed E-state index contributed by atoms with van der Waals surface area (Å²) in [5.74, 6) is -0.432. The maximum Gasteiger partial charge on any atom is 0.275 e. The molecule has 0 aromatic heterocycles. The van der Waals surface area contributed by atoms with Gasteiger partial charge in [-0.15, -0.1) is 0 Å². The molecule has 0 saturated carbocycles. The average Bonchev–Trinajstić information content (AvgIpc) is 2.68. The van der Waals surface area contributed by atoms with E-state index in [1.807, 2.05) is 48.5 Å². The molecule has 142 valence electrons. The van der Waals surface area contributed by atoms with Gasteiger partial charge in [0.25, 0.3) is 5.91 Å². The van der Waals surface area contributed by atoms with Crippen LogP contribution in [0.1, 0.15) is 21.5 Å². The highest BCUT2D eigenvalue weighted by atomic mass is 79.9. The summed E-state index contributed by atoms with van der Waals surface area (Å²) in [6.45, 7) is 0.395. The fourth-order valence-corrected chi connectivity index (χ4v) is 2.66. The molecule has 28 heavy (non-hydrogen) atoms. The van der Waals surface area contributed by atoms with E-state index in [4.69, 9.17) is 4.74 Å². The minimum Gasteiger partial charge on any atom is -0.508 e. The molecule has 3 rings (SSSR count). The lowest BCUT2D eigenvalue weighted by molar-refractivity contribution is 0.0952. The van der Waals surface area contributed by atoms with Crippen LogP contribution in [-0.4, -0.2) is 22.3 Å². The van der Waals surface area contributed by atoms with E-state index in [2.05, 4.69) is 26.5 Å². The van der Waals surface area contributed by atoms with Crippen LogP contribution in [-0.2, 0) is 6.61 Å². The fraction of sp³-hybridized carbons (Fsp3) is 0.0476. The van der Waals surface area contributed by atoms with Crippen LogP contribution < -0.4 is 10.2 Å².